The molecule has 2 rings (SSSR count). The summed E-state index contributed by atoms with van der Waals surface area (Å²) in [6.45, 7) is 0.389. The molecule has 0 saturated heterocycles. The van der Waals surface area contributed by atoms with Gasteiger partial charge in [-0.05, 0) is 58.9 Å². The zero-order valence-corrected chi connectivity index (χ0v) is 12.5. The van der Waals surface area contributed by atoms with Crippen LogP contribution in [0, 0.1) is 17.6 Å². The van der Waals surface area contributed by atoms with E-state index in [0.717, 1.165) is 5.56 Å². The molecule has 0 aromatic heterocycles. The number of nitrogens with two attached hydrogens (primary N) is 1. The number of hydrogen-bond donors (Lipinski definition) is 1. The molecule has 1 unspecified atom stereocenters. The SMILES string of the molecule is NCC(Cc1ccccc1)Cc1c(F)ccc(Br)c1F. The maximum Gasteiger partial charge on any atom is 0.143 e. The third-order valence-corrected chi connectivity index (χ3v) is 3.94. The lowest BCUT2D eigenvalue weighted by Crippen LogP contribution is -2.20. The van der Waals surface area contributed by atoms with E-state index in [1.54, 1.807) is 0 Å². The first-order valence-electron chi connectivity index (χ1n) is 6.48. The molecule has 0 aliphatic heterocycles. The van der Waals surface area contributed by atoms with Crippen LogP contribution >= 0.6 is 15.9 Å². The van der Waals surface area contributed by atoms with E-state index in [0.29, 0.717) is 19.4 Å². The third-order valence-electron chi connectivity index (χ3n) is 3.33. The van der Waals surface area contributed by atoms with Crippen LogP contribution in [0.1, 0.15) is 11.1 Å². The molecule has 0 amide bonds. The lowest BCUT2D eigenvalue weighted by Gasteiger charge is -2.16. The Morgan fingerprint density at radius 2 is 1.70 bits per heavy atom. The van der Waals surface area contributed by atoms with Crippen molar-refractivity contribution in [3.63, 3.8) is 0 Å². The minimum absolute atomic E-state index is 0.00991. The van der Waals surface area contributed by atoms with Crippen molar-refractivity contribution in [2.75, 3.05) is 6.54 Å². The van der Waals surface area contributed by atoms with E-state index in [1.807, 2.05) is 30.3 Å². The highest BCUT2D eigenvalue weighted by Gasteiger charge is 2.17. The summed E-state index contributed by atoms with van der Waals surface area (Å²) in [5.41, 5.74) is 6.98. The Kier molecular flexibility index (Phi) is 5.26. The first kappa shape index (κ1) is 15.1. The van der Waals surface area contributed by atoms with Crippen LogP contribution in [0.3, 0.4) is 0 Å². The van der Waals surface area contributed by atoms with Gasteiger partial charge in [0.05, 0.1) is 4.47 Å². The van der Waals surface area contributed by atoms with Crippen molar-refractivity contribution in [3.8, 4) is 0 Å². The second kappa shape index (κ2) is 6.95. The lowest BCUT2D eigenvalue weighted by atomic mass is 9.92. The molecule has 0 radical (unpaired) electrons. The minimum atomic E-state index is -0.531. The van der Waals surface area contributed by atoms with Crippen molar-refractivity contribution in [2.24, 2.45) is 11.7 Å². The van der Waals surface area contributed by atoms with Gasteiger partial charge in [0, 0.05) is 5.56 Å². The Morgan fingerprint density at radius 3 is 2.35 bits per heavy atom. The topological polar surface area (TPSA) is 26.0 Å². The van der Waals surface area contributed by atoms with Crippen LogP contribution in [-0.4, -0.2) is 6.54 Å². The average Bonchev–Trinajstić information content (AvgIpc) is 2.47. The third kappa shape index (κ3) is 3.64. The quantitative estimate of drug-likeness (QED) is 0.816. The van der Waals surface area contributed by atoms with Gasteiger partial charge in [-0.3, -0.25) is 0 Å². The van der Waals surface area contributed by atoms with Gasteiger partial charge in [-0.15, -0.1) is 0 Å². The zero-order chi connectivity index (χ0) is 14.5. The molecule has 106 valence electrons. The van der Waals surface area contributed by atoms with E-state index >= 15 is 0 Å². The minimum Gasteiger partial charge on any atom is -0.330 e. The summed E-state index contributed by atoms with van der Waals surface area (Å²) in [4.78, 5) is 0. The van der Waals surface area contributed by atoms with Gasteiger partial charge in [0.15, 0.2) is 0 Å². The molecule has 2 N–H and O–H groups in total. The zero-order valence-electron chi connectivity index (χ0n) is 11.0. The van der Waals surface area contributed by atoms with E-state index < -0.39 is 11.6 Å². The monoisotopic (exact) mass is 339 g/mol. The molecular formula is C16H16BrF2N. The summed E-state index contributed by atoms with van der Waals surface area (Å²) >= 11 is 3.09. The first-order chi connectivity index (χ1) is 9.61. The summed E-state index contributed by atoms with van der Waals surface area (Å²) in [6, 6.07) is 12.5. The van der Waals surface area contributed by atoms with Gasteiger partial charge in [-0.1, -0.05) is 30.3 Å². The Bertz CT molecular complexity index is 572. The summed E-state index contributed by atoms with van der Waals surface area (Å²) in [5.74, 6) is -1.04. The van der Waals surface area contributed by atoms with Crippen LogP contribution in [0.15, 0.2) is 46.9 Å². The molecule has 1 nitrogen and oxygen atoms in total. The summed E-state index contributed by atoms with van der Waals surface area (Å²) < 4.78 is 28.0. The second-order valence-corrected chi connectivity index (χ2v) is 5.67. The maximum absolute atomic E-state index is 14.0. The first-order valence-corrected chi connectivity index (χ1v) is 7.27. The van der Waals surface area contributed by atoms with Crippen molar-refractivity contribution in [1.82, 2.24) is 0 Å². The highest BCUT2D eigenvalue weighted by Crippen LogP contribution is 2.24. The Labute approximate surface area is 125 Å². The van der Waals surface area contributed by atoms with Crippen molar-refractivity contribution in [3.05, 3.63) is 69.7 Å². The molecule has 2 aromatic carbocycles. The van der Waals surface area contributed by atoms with Crippen molar-refractivity contribution in [1.29, 1.82) is 0 Å². The molecule has 4 heteroatoms. The Hall–Kier alpha value is -1.26. The van der Waals surface area contributed by atoms with E-state index in [4.69, 9.17) is 5.73 Å². The molecule has 0 heterocycles. The van der Waals surface area contributed by atoms with Gasteiger partial charge in [0.1, 0.15) is 11.6 Å². The summed E-state index contributed by atoms with van der Waals surface area (Å²) in [5, 5.41) is 0. The van der Waals surface area contributed by atoms with Crippen LogP contribution in [0.25, 0.3) is 0 Å². The fourth-order valence-corrected chi connectivity index (χ4v) is 2.60. The standard InChI is InChI=1S/C16H16BrF2N/c17-14-6-7-15(18)13(16(14)19)9-12(10-20)8-11-4-2-1-3-5-11/h1-7,12H,8-10,20H2. The van der Waals surface area contributed by atoms with Gasteiger partial charge in [-0.2, -0.15) is 0 Å². The van der Waals surface area contributed by atoms with Crippen molar-refractivity contribution in [2.45, 2.75) is 12.8 Å². The van der Waals surface area contributed by atoms with Gasteiger partial charge in [-0.25, -0.2) is 8.78 Å². The van der Waals surface area contributed by atoms with E-state index in [2.05, 4.69) is 15.9 Å². The second-order valence-electron chi connectivity index (χ2n) is 4.82. The molecule has 1 atom stereocenters. The van der Waals surface area contributed by atoms with Gasteiger partial charge in [0.25, 0.3) is 0 Å². The van der Waals surface area contributed by atoms with E-state index in [-0.39, 0.29) is 16.0 Å². The van der Waals surface area contributed by atoms with Crippen LogP contribution in [0.4, 0.5) is 8.78 Å². The molecule has 2 aromatic rings. The lowest BCUT2D eigenvalue weighted by molar-refractivity contribution is 0.483. The van der Waals surface area contributed by atoms with E-state index in [9.17, 15) is 8.78 Å². The maximum atomic E-state index is 14.0. The summed E-state index contributed by atoms with van der Waals surface area (Å²) in [6.07, 6.45) is 1.01. The van der Waals surface area contributed by atoms with Crippen LogP contribution in [0.2, 0.25) is 0 Å². The summed E-state index contributed by atoms with van der Waals surface area (Å²) in [7, 11) is 0. The number of hydrogen-bond acceptors (Lipinski definition) is 1. The number of benzene rings is 2. The fraction of sp³-hybridized carbons (Fsp3) is 0.250. The average molecular weight is 340 g/mol. The predicted molar refractivity (Wildman–Crippen MR) is 80.5 cm³/mol. The van der Waals surface area contributed by atoms with Crippen LogP contribution in [-0.2, 0) is 12.8 Å². The molecule has 0 aliphatic carbocycles. The van der Waals surface area contributed by atoms with Gasteiger partial charge < -0.3 is 5.73 Å². The highest BCUT2D eigenvalue weighted by molar-refractivity contribution is 9.10. The Balaban J connectivity index is 2.17. The highest BCUT2D eigenvalue weighted by atomic mass is 79.9. The molecule has 0 fully saturated rings. The molecule has 0 spiro atoms. The predicted octanol–water partition coefficient (Wildman–Crippen LogP) is 4.09. The smallest absolute Gasteiger partial charge is 0.143 e. The van der Waals surface area contributed by atoms with Crippen LogP contribution < -0.4 is 5.73 Å². The van der Waals surface area contributed by atoms with Crippen molar-refractivity contribution >= 4 is 15.9 Å². The fourth-order valence-electron chi connectivity index (χ4n) is 2.23. The normalized spacial score (nSPS) is 12.4. The molecule has 0 saturated carbocycles. The molecular weight excluding hydrogens is 324 g/mol. The largest absolute Gasteiger partial charge is 0.330 e. The van der Waals surface area contributed by atoms with Crippen LogP contribution in [0.5, 0.6) is 0 Å². The molecule has 0 bridgehead atoms. The van der Waals surface area contributed by atoms with Gasteiger partial charge in [0.2, 0.25) is 0 Å². The molecule has 0 aliphatic rings. The van der Waals surface area contributed by atoms with E-state index in [1.165, 1.54) is 12.1 Å². The number of rotatable bonds is 5. The number of halogens is 3. The Morgan fingerprint density at radius 1 is 1.00 bits per heavy atom. The van der Waals surface area contributed by atoms with Gasteiger partial charge >= 0.3 is 0 Å². The molecule has 20 heavy (non-hydrogen) atoms. The van der Waals surface area contributed by atoms with Crippen molar-refractivity contribution < 1.29 is 8.78 Å².